The number of ether oxygens (including phenoxy) is 1. The van der Waals surface area contributed by atoms with Gasteiger partial charge in [0.1, 0.15) is 11.9 Å². The van der Waals surface area contributed by atoms with Crippen molar-refractivity contribution in [2.75, 3.05) is 19.6 Å². The van der Waals surface area contributed by atoms with Crippen molar-refractivity contribution in [3.8, 4) is 0 Å². The molecule has 7 aliphatic rings. The number of Topliss-reactive ketones (excluding diaryl/α,β-unsaturated/α-hetero) is 1. The Morgan fingerprint density at radius 2 is 1.82 bits per heavy atom. The minimum Gasteiger partial charge on any atom is -0.459 e. The highest BCUT2D eigenvalue weighted by atomic mass is 16.7. The smallest absolute Gasteiger partial charge is 0.350 e. The molecule has 212 valence electrons. The average molecular weight is 529 g/mol. The van der Waals surface area contributed by atoms with Gasteiger partial charge in [-0.05, 0) is 93.7 Å². The molecule has 1 N–H and O–H groups in total. The molecule has 7 nitrogen and oxygen atoms in total. The molecule has 9 atom stereocenters. The van der Waals surface area contributed by atoms with Crippen molar-refractivity contribution >= 4 is 17.5 Å². The van der Waals surface area contributed by atoms with Crippen LogP contribution >= 0.6 is 0 Å². The van der Waals surface area contributed by atoms with Crippen molar-refractivity contribution in [3.05, 3.63) is 0 Å². The van der Waals surface area contributed by atoms with Crippen molar-refractivity contribution in [2.45, 2.75) is 117 Å². The fourth-order valence-corrected chi connectivity index (χ4v) is 10.0. The second-order valence-corrected chi connectivity index (χ2v) is 14.5. The minimum atomic E-state index is -0.715. The van der Waals surface area contributed by atoms with E-state index in [0.717, 1.165) is 70.3 Å². The molecular formula is C31H48N2O5. The topological polar surface area (TPSA) is 88.4 Å². The number of hydrogen-bond acceptors (Lipinski definition) is 7. The van der Waals surface area contributed by atoms with E-state index in [1.165, 1.54) is 0 Å². The quantitative estimate of drug-likeness (QED) is 0.530. The Bertz CT molecular complexity index is 1010. The number of ketones is 1. The SMILES string of the molecule is CC[C@]1(C)C[C@@H](OC(=O)C2CC(C34CCN(CC3)CC4)=NO2)[C@@]2(C)[C@@H]3C(=O)CC[C@@]3(CC[C@@H]2C)[C@@H](C)[C@@H]1O. The second-order valence-electron chi connectivity index (χ2n) is 14.5. The molecule has 38 heavy (non-hydrogen) atoms. The van der Waals surface area contributed by atoms with Gasteiger partial charge in [-0.3, -0.25) is 4.79 Å². The molecule has 0 amide bonds. The molecule has 3 saturated carbocycles. The maximum atomic E-state index is 13.8. The van der Waals surface area contributed by atoms with E-state index in [1.807, 2.05) is 0 Å². The van der Waals surface area contributed by atoms with Crippen LogP contribution in [0.1, 0.15) is 98.8 Å². The van der Waals surface area contributed by atoms with Crippen LogP contribution in [-0.4, -0.2) is 65.4 Å². The lowest BCUT2D eigenvalue weighted by Crippen LogP contribution is -2.63. The third-order valence-corrected chi connectivity index (χ3v) is 13.2. The van der Waals surface area contributed by atoms with Gasteiger partial charge in [-0.1, -0.05) is 39.8 Å². The van der Waals surface area contributed by atoms with E-state index < -0.39 is 29.1 Å². The van der Waals surface area contributed by atoms with Crippen LogP contribution in [-0.2, 0) is 19.2 Å². The van der Waals surface area contributed by atoms with Crippen LogP contribution in [0.25, 0.3) is 0 Å². The average Bonchev–Trinajstić information content (AvgIpc) is 3.57. The summed E-state index contributed by atoms with van der Waals surface area (Å²) in [6, 6.07) is 0. The van der Waals surface area contributed by atoms with E-state index in [4.69, 9.17) is 9.57 Å². The standard InChI is InChI=1S/C31H48N2O5/c1-6-28(4)18-24(29(5)19(2)7-9-31(20(3)26(28)35)10-8-21(34)25(29)31)37-27(36)22-17-23(32-38-22)30-11-14-33(15-12-30)16-13-30/h19-20,22,24-26,35H,6-18H2,1-5H3/t19-,20-,22?,24+,25-,26-,28+,29-,31-/m0/s1. The maximum absolute atomic E-state index is 13.8. The Balaban J connectivity index is 1.29. The van der Waals surface area contributed by atoms with Crippen molar-refractivity contribution in [1.29, 1.82) is 0 Å². The van der Waals surface area contributed by atoms with Crippen molar-refractivity contribution in [3.63, 3.8) is 0 Å². The number of fused-ring (bicyclic) bond motifs is 3. The highest BCUT2D eigenvalue weighted by molar-refractivity contribution is 5.95. The summed E-state index contributed by atoms with van der Waals surface area (Å²) in [6.07, 6.45) is 6.76. The number of piperidine rings is 3. The molecule has 3 aliphatic carbocycles. The first kappa shape index (κ1) is 26.7. The summed E-state index contributed by atoms with van der Waals surface area (Å²) in [4.78, 5) is 35.7. The van der Waals surface area contributed by atoms with Gasteiger partial charge in [0.15, 0.2) is 0 Å². The molecule has 4 heterocycles. The van der Waals surface area contributed by atoms with Crippen LogP contribution in [0.5, 0.6) is 0 Å². The summed E-state index contributed by atoms with van der Waals surface area (Å²) in [6.45, 7) is 14.2. The summed E-state index contributed by atoms with van der Waals surface area (Å²) >= 11 is 0. The molecule has 7 heteroatoms. The normalized spacial score (nSPS) is 52.0. The third kappa shape index (κ3) is 3.62. The second kappa shape index (κ2) is 9.02. The Morgan fingerprint density at radius 3 is 2.47 bits per heavy atom. The lowest BCUT2D eigenvalue weighted by molar-refractivity contribution is -0.216. The van der Waals surface area contributed by atoms with Gasteiger partial charge in [-0.15, -0.1) is 0 Å². The van der Waals surface area contributed by atoms with Gasteiger partial charge >= 0.3 is 5.97 Å². The van der Waals surface area contributed by atoms with Gasteiger partial charge in [0.05, 0.1) is 11.8 Å². The molecule has 3 saturated heterocycles. The zero-order valence-corrected chi connectivity index (χ0v) is 24.1. The summed E-state index contributed by atoms with van der Waals surface area (Å²) in [5, 5.41) is 16.3. The van der Waals surface area contributed by atoms with E-state index in [-0.39, 0.29) is 34.6 Å². The van der Waals surface area contributed by atoms with Crippen LogP contribution in [0.15, 0.2) is 5.16 Å². The highest BCUT2D eigenvalue weighted by Gasteiger charge is 2.68. The molecule has 0 aromatic carbocycles. The molecule has 0 radical (unpaired) electrons. The van der Waals surface area contributed by atoms with Gasteiger partial charge < -0.3 is 19.6 Å². The molecular weight excluding hydrogens is 480 g/mol. The predicted octanol–water partition coefficient (Wildman–Crippen LogP) is 4.75. The van der Waals surface area contributed by atoms with Crippen LogP contribution < -0.4 is 0 Å². The first-order valence-corrected chi connectivity index (χ1v) is 15.4. The number of carbonyl (C=O) groups excluding carboxylic acids is 2. The van der Waals surface area contributed by atoms with Gasteiger partial charge in [0.2, 0.25) is 6.10 Å². The largest absolute Gasteiger partial charge is 0.459 e. The summed E-state index contributed by atoms with van der Waals surface area (Å²) in [5.74, 6) is 0.0271. The lowest BCUT2D eigenvalue weighted by atomic mass is 9.43. The summed E-state index contributed by atoms with van der Waals surface area (Å²) in [5.41, 5.74) is 0.0173. The number of esters is 1. The lowest BCUT2D eigenvalue weighted by Gasteiger charge is -2.62. The Hall–Kier alpha value is -1.47. The van der Waals surface area contributed by atoms with Crippen LogP contribution in [0.2, 0.25) is 0 Å². The maximum Gasteiger partial charge on any atom is 0.350 e. The van der Waals surface area contributed by atoms with Crippen LogP contribution in [0.3, 0.4) is 0 Å². The number of hydrogen-bond donors (Lipinski definition) is 1. The number of oxime groups is 1. The van der Waals surface area contributed by atoms with E-state index in [0.29, 0.717) is 25.0 Å². The first-order chi connectivity index (χ1) is 18.0. The van der Waals surface area contributed by atoms with Gasteiger partial charge in [-0.25, -0.2) is 4.79 Å². The van der Waals surface area contributed by atoms with E-state index in [9.17, 15) is 14.7 Å². The molecule has 4 bridgehead atoms. The molecule has 0 aromatic heterocycles. The fourth-order valence-electron chi connectivity index (χ4n) is 10.0. The van der Waals surface area contributed by atoms with E-state index in [1.54, 1.807) is 0 Å². The first-order valence-electron chi connectivity index (χ1n) is 15.4. The van der Waals surface area contributed by atoms with Gasteiger partial charge in [0, 0.05) is 29.6 Å². The number of aliphatic hydroxyl groups excluding tert-OH is 1. The summed E-state index contributed by atoms with van der Waals surface area (Å²) in [7, 11) is 0. The fraction of sp³-hybridized carbons (Fsp3) is 0.903. The highest BCUT2D eigenvalue weighted by Crippen LogP contribution is 2.68. The Kier molecular flexibility index (Phi) is 6.35. The molecule has 7 rings (SSSR count). The number of rotatable bonds is 4. The van der Waals surface area contributed by atoms with Gasteiger partial charge in [-0.2, -0.15) is 0 Å². The van der Waals surface area contributed by atoms with Gasteiger partial charge in [0.25, 0.3) is 0 Å². The van der Waals surface area contributed by atoms with E-state index >= 15 is 0 Å². The molecule has 6 fully saturated rings. The predicted molar refractivity (Wildman–Crippen MR) is 144 cm³/mol. The Morgan fingerprint density at radius 1 is 1.13 bits per heavy atom. The van der Waals surface area contributed by atoms with E-state index in [2.05, 4.69) is 44.7 Å². The monoisotopic (exact) mass is 528 g/mol. The van der Waals surface area contributed by atoms with Crippen molar-refractivity contribution < 1.29 is 24.3 Å². The number of nitrogens with zero attached hydrogens (tertiary/aromatic N) is 2. The molecule has 0 spiro atoms. The number of aliphatic hydroxyl groups is 1. The minimum absolute atomic E-state index is 0.0302. The summed E-state index contributed by atoms with van der Waals surface area (Å²) < 4.78 is 6.51. The zero-order valence-electron chi connectivity index (χ0n) is 24.1. The van der Waals surface area contributed by atoms with Crippen molar-refractivity contribution in [1.82, 2.24) is 4.90 Å². The number of carbonyl (C=O) groups is 2. The molecule has 4 aliphatic heterocycles. The zero-order chi connectivity index (χ0) is 27.1. The Labute approximate surface area is 228 Å². The molecule has 0 aromatic rings. The van der Waals surface area contributed by atoms with Crippen molar-refractivity contribution in [2.24, 2.45) is 44.6 Å². The van der Waals surface area contributed by atoms with Crippen LogP contribution in [0.4, 0.5) is 0 Å². The van der Waals surface area contributed by atoms with Crippen LogP contribution in [0, 0.1) is 39.4 Å². The third-order valence-electron chi connectivity index (χ3n) is 13.2. The molecule has 1 unspecified atom stereocenters.